The van der Waals surface area contributed by atoms with Crippen molar-refractivity contribution in [3.05, 3.63) is 120 Å². The molecule has 38 heavy (non-hydrogen) atoms. The van der Waals surface area contributed by atoms with E-state index in [9.17, 15) is 0 Å². The van der Waals surface area contributed by atoms with E-state index >= 15 is 0 Å². The summed E-state index contributed by atoms with van der Waals surface area (Å²) in [6, 6.07) is 31.4. The second-order valence-electron chi connectivity index (χ2n) is 9.72. The number of rotatable bonds is 3. The van der Waals surface area contributed by atoms with E-state index in [0.717, 1.165) is 71.7 Å². The van der Waals surface area contributed by atoms with E-state index in [-0.39, 0.29) is 0 Å². The molecule has 4 aromatic heterocycles. The summed E-state index contributed by atoms with van der Waals surface area (Å²) < 4.78 is 0. The zero-order chi connectivity index (χ0) is 25.6. The Morgan fingerprint density at radius 2 is 1.18 bits per heavy atom. The van der Waals surface area contributed by atoms with Crippen molar-refractivity contribution in [3.8, 4) is 11.3 Å². The van der Waals surface area contributed by atoms with Crippen molar-refractivity contribution in [3.63, 3.8) is 0 Å². The van der Waals surface area contributed by atoms with Crippen LogP contribution in [0.5, 0.6) is 0 Å². The van der Waals surface area contributed by atoms with Crippen molar-refractivity contribution in [2.24, 2.45) is 0 Å². The van der Waals surface area contributed by atoms with E-state index in [1.165, 1.54) is 5.56 Å². The van der Waals surface area contributed by atoms with E-state index in [1.807, 2.05) is 24.5 Å². The molecule has 0 spiro atoms. The Kier molecular flexibility index (Phi) is 5.19. The molecule has 4 heteroatoms. The normalized spacial score (nSPS) is 12.1. The Labute approximate surface area is 220 Å². The number of nitrogens with zero attached hydrogens (tertiary/aromatic N) is 4. The van der Waals surface area contributed by atoms with Crippen LogP contribution in [0.3, 0.4) is 0 Å². The lowest BCUT2D eigenvalue weighted by molar-refractivity contribution is 1.32. The van der Waals surface area contributed by atoms with Gasteiger partial charge in [0, 0.05) is 39.5 Å². The Hall–Kier alpha value is -4.96. The van der Waals surface area contributed by atoms with Crippen molar-refractivity contribution in [1.29, 1.82) is 0 Å². The molecule has 0 bridgehead atoms. The minimum atomic E-state index is 0.927. The molecule has 0 amide bonds. The van der Waals surface area contributed by atoms with Crippen LogP contribution >= 0.6 is 0 Å². The number of pyridine rings is 4. The maximum atomic E-state index is 5.04. The number of aryl methyl sites for hydroxylation is 1. The maximum Gasteiger partial charge on any atom is 0.0972 e. The van der Waals surface area contributed by atoms with Gasteiger partial charge in [0.2, 0.25) is 0 Å². The summed E-state index contributed by atoms with van der Waals surface area (Å²) in [7, 11) is 0. The minimum absolute atomic E-state index is 0.927. The zero-order valence-electron chi connectivity index (χ0n) is 21.2. The molecular weight excluding hydrogens is 464 g/mol. The van der Waals surface area contributed by atoms with Crippen LogP contribution in [-0.2, 0) is 0 Å². The number of hydrogen-bond acceptors (Lipinski definition) is 4. The predicted molar refractivity (Wildman–Crippen MR) is 158 cm³/mol. The van der Waals surface area contributed by atoms with E-state index in [2.05, 4.69) is 109 Å². The number of aromatic nitrogens is 4. The summed E-state index contributed by atoms with van der Waals surface area (Å²) in [5, 5.41) is 4.38. The summed E-state index contributed by atoms with van der Waals surface area (Å²) in [6.07, 6.45) is 5.87. The third-order valence-electron chi connectivity index (χ3n) is 7.22. The van der Waals surface area contributed by atoms with Gasteiger partial charge < -0.3 is 0 Å². The van der Waals surface area contributed by atoms with Crippen LogP contribution in [0, 0.1) is 6.92 Å². The Morgan fingerprint density at radius 3 is 1.87 bits per heavy atom. The van der Waals surface area contributed by atoms with Gasteiger partial charge in [0.1, 0.15) is 0 Å². The topological polar surface area (TPSA) is 51.6 Å². The van der Waals surface area contributed by atoms with Crippen molar-refractivity contribution in [1.82, 2.24) is 19.9 Å². The minimum Gasteiger partial charge on any atom is -0.254 e. The van der Waals surface area contributed by atoms with Gasteiger partial charge in [-0.2, -0.15) is 0 Å². The highest BCUT2D eigenvalue weighted by atomic mass is 14.8. The van der Waals surface area contributed by atoms with Gasteiger partial charge in [-0.25, -0.2) is 9.97 Å². The van der Waals surface area contributed by atoms with Crippen molar-refractivity contribution in [2.75, 3.05) is 0 Å². The van der Waals surface area contributed by atoms with Crippen LogP contribution in [0.15, 0.2) is 103 Å². The van der Waals surface area contributed by atoms with Crippen molar-refractivity contribution < 1.29 is 0 Å². The first kappa shape index (κ1) is 22.3. The van der Waals surface area contributed by atoms with Gasteiger partial charge >= 0.3 is 0 Å². The third-order valence-corrected chi connectivity index (χ3v) is 7.22. The Morgan fingerprint density at radius 1 is 0.605 bits per heavy atom. The molecule has 180 valence electrons. The van der Waals surface area contributed by atoms with Gasteiger partial charge in [-0.15, -0.1) is 0 Å². The molecule has 3 aromatic carbocycles. The molecule has 0 saturated heterocycles. The lowest BCUT2D eigenvalue weighted by atomic mass is 9.99. The summed E-state index contributed by atoms with van der Waals surface area (Å²) in [5.41, 5.74) is 10.1. The largest absolute Gasteiger partial charge is 0.254 e. The van der Waals surface area contributed by atoms with E-state index in [1.54, 1.807) is 0 Å². The average molecular weight is 489 g/mol. The third kappa shape index (κ3) is 3.78. The molecule has 0 N–H and O–H groups in total. The van der Waals surface area contributed by atoms with Gasteiger partial charge in [0.05, 0.1) is 33.5 Å². The maximum absolute atomic E-state index is 5.04. The number of benzene rings is 3. The van der Waals surface area contributed by atoms with Crippen LogP contribution in [0.1, 0.15) is 23.7 Å². The molecule has 4 heterocycles. The van der Waals surface area contributed by atoms with Crippen LogP contribution in [-0.4, -0.2) is 19.9 Å². The monoisotopic (exact) mass is 488 g/mol. The molecule has 0 unspecified atom stereocenters. The molecule has 0 radical (unpaired) electrons. The lowest BCUT2D eigenvalue weighted by Crippen LogP contribution is -1.92. The highest BCUT2D eigenvalue weighted by Crippen LogP contribution is 2.29. The van der Waals surface area contributed by atoms with Crippen LogP contribution in [0.2, 0.25) is 0 Å². The SMILES string of the molecule is C/C(=C\c1cc(-c2ccc3ccc4cccnc4c3n2)ccc1C)c1ccc2ccc3cccnc3c2n1. The molecule has 0 fully saturated rings. The fourth-order valence-electron chi connectivity index (χ4n) is 5.09. The smallest absolute Gasteiger partial charge is 0.0972 e. The number of hydrogen-bond donors (Lipinski definition) is 0. The van der Waals surface area contributed by atoms with Crippen molar-refractivity contribution >= 4 is 55.3 Å². The van der Waals surface area contributed by atoms with Gasteiger partial charge in [-0.3, -0.25) is 9.97 Å². The molecule has 0 aliphatic carbocycles. The summed E-state index contributed by atoms with van der Waals surface area (Å²) in [6.45, 7) is 4.25. The second kappa shape index (κ2) is 8.86. The van der Waals surface area contributed by atoms with Gasteiger partial charge in [0.25, 0.3) is 0 Å². The standard InChI is InChI=1S/C34H24N4/c1-21-7-8-27(30-16-14-26-12-10-24-6-4-18-36-32(24)34(26)38-30)20-28(21)19-22(2)29-15-13-25-11-9-23-5-3-17-35-31(23)33(25)37-29/h3-20H,1-2H3/b22-19+. The van der Waals surface area contributed by atoms with E-state index in [4.69, 9.17) is 9.97 Å². The lowest BCUT2D eigenvalue weighted by Gasteiger charge is -2.10. The van der Waals surface area contributed by atoms with Crippen LogP contribution < -0.4 is 0 Å². The molecule has 7 aromatic rings. The van der Waals surface area contributed by atoms with E-state index in [0.29, 0.717) is 0 Å². The Balaban J connectivity index is 1.31. The summed E-state index contributed by atoms with van der Waals surface area (Å²) in [5.74, 6) is 0. The fraction of sp³-hybridized carbons (Fsp3) is 0.0588. The second-order valence-corrected chi connectivity index (χ2v) is 9.72. The first-order valence-electron chi connectivity index (χ1n) is 12.7. The van der Waals surface area contributed by atoms with Gasteiger partial charge in [-0.1, -0.05) is 60.7 Å². The van der Waals surface area contributed by atoms with Gasteiger partial charge in [0.15, 0.2) is 0 Å². The van der Waals surface area contributed by atoms with Crippen molar-refractivity contribution in [2.45, 2.75) is 13.8 Å². The first-order chi connectivity index (χ1) is 18.6. The van der Waals surface area contributed by atoms with Crippen LogP contribution in [0.4, 0.5) is 0 Å². The molecule has 0 aliphatic heterocycles. The summed E-state index contributed by atoms with van der Waals surface area (Å²) in [4.78, 5) is 19.3. The highest BCUT2D eigenvalue weighted by Gasteiger charge is 2.09. The average Bonchev–Trinajstić information content (AvgIpc) is 2.97. The first-order valence-corrected chi connectivity index (χ1v) is 12.7. The summed E-state index contributed by atoms with van der Waals surface area (Å²) >= 11 is 0. The number of allylic oxidation sites excluding steroid dienone is 1. The Bertz CT molecular complexity index is 2060. The molecule has 7 rings (SSSR count). The van der Waals surface area contributed by atoms with Gasteiger partial charge in [-0.05, 0) is 67.0 Å². The number of fused-ring (bicyclic) bond motifs is 6. The fourth-order valence-corrected chi connectivity index (χ4v) is 5.09. The zero-order valence-corrected chi connectivity index (χ0v) is 21.2. The molecule has 0 saturated carbocycles. The highest BCUT2D eigenvalue weighted by molar-refractivity contribution is 6.04. The quantitative estimate of drug-likeness (QED) is 0.234. The molecular formula is C34H24N4. The molecule has 0 aliphatic rings. The molecule has 0 atom stereocenters. The molecule has 4 nitrogen and oxygen atoms in total. The van der Waals surface area contributed by atoms with E-state index < -0.39 is 0 Å². The predicted octanol–water partition coefficient (Wildman–Crippen LogP) is 8.42. The van der Waals surface area contributed by atoms with Crippen LogP contribution in [0.25, 0.3) is 66.5 Å².